The average Bonchev–Trinajstić information content (AvgIpc) is 2.75. The fourth-order valence-electron chi connectivity index (χ4n) is 3.62. The van der Waals surface area contributed by atoms with Crippen molar-refractivity contribution in [3.05, 3.63) is 29.8 Å². The molecule has 0 saturated carbocycles. The zero-order valence-corrected chi connectivity index (χ0v) is 18.4. The molecule has 1 heterocycles. The average molecular weight is 390 g/mol. The van der Waals surface area contributed by atoms with E-state index in [2.05, 4.69) is 58.3 Å². The van der Waals surface area contributed by atoms with Crippen LogP contribution >= 0.6 is 0 Å². The Kier molecular flexibility index (Phi) is 9.58. The highest BCUT2D eigenvalue weighted by molar-refractivity contribution is 5.79. The summed E-state index contributed by atoms with van der Waals surface area (Å²) >= 11 is 0. The molecule has 0 amide bonds. The highest BCUT2D eigenvalue weighted by atomic mass is 16.5. The Hall–Kier alpha value is -1.79. The molecule has 158 valence electrons. The lowest BCUT2D eigenvalue weighted by atomic mass is 9.98. The number of aliphatic imine (C=N–C) groups is 1. The normalized spacial score (nSPS) is 18.5. The van der Waals surface area contributed by atoms with Crippen LogP contribution in [-0.2, 0) is 0 Å². The van der Waals surface area contributed by atoms with E-state index >= 15 is 0 Å². The van der Waals surface area contributed by atoms with Gasteiger partial charge in [0.15, 0.2) is 5.96 Å². The summed E-state index contributed by atoms with van der Waals surface area (Å²) in [5.74, 6) is 2.29. The number of likely N-dealkylation sites (N-methyl/N-ethyl adjacent to an activating group) is 1. The summed E-state index contributed by atoms with van der Waals surface area (Å²) in [5, 5.41) is 6.94. The Labute approximate surface area is 171 Å². The van der Waals surface area contributed by atoms with Crippen LogP contribution in [-0.4, -0.2) is 81.8 Å². The second kappa shape index (κ2) is 11.9. The fraction of sp³-hybridized carbons (Fsp3) is 0.682. The Bertz CT molecular complexity index is 581. The monoisotopic (exact) mass is 389 g/mol. The predicted octanol–water partition coefficient (Wildman–Crippen LogP) is 2.38. The number of benzene rings is 1. The minimum Gasteiger partial charge on any atom is -0.497 e. The molecule has 2 unspecified atom stereocenters. The van der Waals surface area contributed by atoms with Crippen LogP contribution in [0.3, 0.4) is 0 Å². The molecule has 1 aliphatic heterocycles. The molecule has 0 radical (unpaired) electrons. The van der Waals surface area contributed by atoms with Gasteiger partial charge >= 0.3 is 0 Å². The largest absolute Gasteiger partial charge is 0.497 e. The maximum absolute atomic E-state index is 5.23. The van der Waals surface area contributed by atoms with Crippen LogP contribution in [0.1, 0.15) is 38.7 Å². The standard InChI is InChI=1S/C22H39N5O/c1-6-26-13-15-27(16-14-26)19(3)17-25-22(23-4)24-12-11-18(2)20-7-9-21(28-5)10-8-20/h7-10,18-19H,6,11-17H2,1-5H3,(H2,23,24,25). The molecule has 0 aromatic heterocycles. The molecular weight excluding hydrogens is 350 g/mol. The number of methoxy groups -OCH3 is 1. The Balaban J connectivity index is 1.68. The first-order valence-corrected chi connectivity index (χ1v) is 10.6. The first-order valence-electron chi connectivity index (χ1n) is 10.6. The van der Waals surface area contributed by atoms with Gasteiger partial charge in [-0.25, -0.2) is 0 Å². The maximum atomic E-state index is 5.23. The highest BCUT2D eigenvalue weighted by Crippen LogP contribution is 2.21. The molecule has 28 heavy (non-hydrogen) atoms. The van der Waals surface area contributed by atoms with Gasteiger partial charge in [0, 0.05) is 52.4 Å². The second-order valence-corrected chi connectivity index (χ2v) is 7.66. The first kappa shape index (κ1) is 22.5. The molecule has 6 heteroatoms. The van der Waals surface area contributed by atoms with Crippen molar-refractivity contribution in [3.8, 4) is 5.75 Å². The van der Waals surface area contributed by atoms with Crippen LogP contribution in [0.5, 0.6) is 5.75 Å². The van der Waals surface area contributed by atoms with Crippen LogP contribution in [0, 0.1) is 0 Å². The lowest BCUT2D eigenvalue weighted by Crippen LogP contribution is -2.53. The van der Waals surface area contributed by atoms with E-state index in [1.54, 1.807) is 7.11 Å². The van der Waals surface area contributed by atoms with Crippen LogP contribution < -0.4 is 15.4 Å². The zero-order chi connectivity index (χ0) is 20.4. The molecule has 1 saturated heterocycles. The van der Waals surface area contributed by atoms with Crippen molar-refractivity contribution in [1.29, 1.82) is 0 Å². The summed E-state index contributed by atoms with van der Waals surface area (Å²) in [5.41, 5.74) is 1.34. The van der Waals surface area contributed by atoms with Crippen LogP contribution in [0.25, 0.3) is 0 Å². The van der Waals surface area contributed by atoms with E-state index in [1.807, 2.05) is 19.2 Å². The molecule has 1 aromatic carbocycles. The molecule has 2 N–H and O–H groups in total. The quantitative estimate of drug-likeness (QED) is 0.502. The summed E-state index contributed by atoms with van der Waals surface area (Å²) in [6.07, 6.45) is 1.06. The molecule has 0 bridgehead atoms. The molecule has 6 nitrogen and oxygen atoms in total. The topological polar surface area (TPSA) is 52.1 Å². The number of nitrogens with one attached hydrogen (secondary N) is 2. The van der Waals surface area contributed by atoms with E-state index in [-0.39, 0.29) is 0 Å². The Morgan fingerprint density at radius 1 is 1.11 bits per heavy atom. The van der Waals surface area contributed by atoms with Gasteiger partial charge in [0.05, 0.1) is 7.11 Å². The third-order valence-electron chi connectivity index (χ3n) is 5.82. The molecule has 1 aromatic rings. The summed E-state index contributed by atoms with van der Waals surface area (Å²) < 4.78 is 5.23. The predicted molar refractivity (Wildman–Crippen MR) is 119 cm³/mol. The van der Waals surface area contributed by atoms with Crippen molar-refractivity contribution in [3.63, 3.8) is 0 Å². The van der Waals surface area contributed by atoms with Gasteiger partial charge in [-0.2, -0.15) is 0 Å². The van der Waals surface area contributed by atoms with Crippen LogP contribution in [0.4, 0.5) is 0 Å². The van der Waals surface area contributed by atoms with Gasteiger partial charge in [0.1, 0.15) is 5.75 Å². The minimum absolute atomic E-state index is 0.491. The summed E-state index contributed by atoms with van der Waals surface area (Å²) in [7, 11) is 3.54. The van der Waals surface area contributed by atoms with E-state index in [4.69, 9.17) is 4.74 Å². The lowest BCUT2D eigenvalue weighted by molar-refractivity contribution is 0.107. The van der Waals surface area contributed by atoms with Crippen molar-refractivity contribution < 1.29 is 4.74 Å². The molecule has 2 rings (SSSR count). The number of piperazine rings is 1. The zero-order valence-electron chi connectivity index (χ0n) is 18.4. The highest BCUT2D eigenvalue weighted by Gasteiger charge is 2.20. The fourth-order valence-corrected chi connectivity index (χ4v) is 3.62. The third kappa shape index (κ3) is 6.99. The molecule has 1 aliphatic rings. The van der Waals surface area contributed by atoms with Crippen molar-refractivity contribution >= 4 is 5.96 Å². The van der Waals surface area contributed by atoms with Crippen LogP contribution in [0.15, 0.2) is 29.3 Å². The van der Waals surface area contributed by atoms with Gasteiger partial charge in [-0.05, 0) is 43.5 Å². The Morgan fingerprint density at radius 3 is 2.36 bits per heavy atom. The van der Waals surface area contributed by atoms with E-state index in [0.717, 1.165) is 50.9 Å². The van der Waals surface area contributed by atoms with Gasteiger partial charge in [-0.15, -0.1) is 0 Å². The lowest BCUT2D eigenvalue weighted by Gasteiger charge is -2.37. The van der Waals surface area contributed by atoms with Crippen molar-refractivity contribution in [2.75, 3.05) is 60.0 Å². The van der Waals surface area contributed by atoms with Crippen molar-refractivity contribution in [2.45, 2.75) is 39.2 Å². The third-order valence-corrected chi connectivity index (χ3v) is 5.82. The number of guanidine groups is 1. The SMILES string of the molecule is CCN1CCN(C(C)CNC(=NC)NCCC(C)c2ccc(OC)cc2)CC1. The van der Waals surface area contributed by atoms with Crippen molar-refractivity contribution in [2.24, 2.45) is 4.99 Å². The molecule has 0 spiro atoms. The number of hydrogen-bond acceptors (Lipinski definition) is 4. The van der Waals surface area contributed by atoms with Gasteiger partial charge in [0.2, 0.25) is 0 Å². The number of hydrogen-bond donors (Lipinski definition) is 2. The first-order chi connectivity index (χ1) is 13.6. The molecule has 2 atom stereocenters. The van der Waals surface area contributed by atoms with Gasteiger partial charge < -0.3 is 20.3 Å². The summed E-state index contributed by atoms with van der Waals surface area (Å²) in [6, 6.07) is 8.87. The molecule has 1 fully saturated rings. The van der Waals surface area contributed by atoms with E-state index in [0.29, 0.717) is 12.0 Å². The smallest absolute Gasteiger partial charge is 0.191 e. The van der Waals surface area contributed by atoms with Gasteiger partial charge in [-0.1, -0.05) is 26.0 Å². The number of ether oxygens (including phenoxy) is 1. The maximum Gasteiger partial charge on any atom is 0.191 e. The van der Waals surface area contributed by atoms with Gasteiger partial charge in [0.25, 0.3) is 0 Å². The molecule has 0 aliphatic carbocycles. The van der Waals surface area contributed by atoms with Crippen molar-refractivity contribution in [1.82, 2.24) is 20.4 Å². The molecular formula is C22H39N5O. The number of nitrogens with zero attached hydrogens (tertiary/aromatic N) is 3. The minimum atomic E-state index is 0.491. The van der Waals surface area contributed by atoms with Crippen LogP contribution in [0.2, 0.25) is 0 Å². The Morgan fingerprint density at radius 2 is 1.79 bits per heavy atom. The summed E-state index contributed by atoms with van der Waals surface area (Å²) in [4.78, 5) is 9.46. The van der Waals surface area contributed by atoms with E-state index in [9.17, 15) is 0 Å². The second-order valence-electron chi connectivity index (χ2n) is 7.66. The van der Waals surface area contributed by atoms with E-state index in [1.165, 1.54) is 18.7 Å². The van der Waals surface area contributed by atoms with E-state index < -0.39 is 0 Å². The number of rotatable bonds is 9. The van der Waals surface area contributed by atoms with Gasteiger partial charge in [-0.3, -0.25) is 9.89 Å². The summed E-state index contributed by atoms with van der Waals surface area (Å²) in [6.45, 7) is 14.4.